The van der Waals surface area contributed by atoms with Crippen LogP contribution in [0.1, 0.15) is 18.9 Å². The van der Waals surface area contributed by atoms with E-state index in [-0.39, 0.29) is 5.91 Å². The predicted molar refractivity (Wildman–Crippen MR) is 71.0 cm³/mol. The Morgan fingerprint density at radius 1 is 1.22 bits per heavy atom. The third kappa shape index (κ3) is 2.15. The second-order valence-corrected chi connectivity index (χ2v) is 5.82. The van der Waals surface area contributed by atoms with Gasteiger partial charge < -0.3 is 4.90 Å². The maximum atomic E-state index is 11.3. The molecule has 1 aromatic carbocycles. The standard InChI is InChI=1S/C15H20N2O/c1-13(18)17-11-15(12-17)7-8-16(10-15)9-14-5-3-2-4-6-14/h2-6H,7-12H2,1H3. The van der Waals surface area contributed by atoms with Gasteiger partial charge in [-0.05, 0) is 18.5 Å². The molecule has 0 aromatic heterocycles. The number of nitrogens with zero attached hydrogens (tertiary/aromatic N) is 2. The lowest BCUT2D eigenvalue weighted by molar-refractivity contribution is -0.140. The SMILES string of the molecule is CC(=O)N1CC2(CCN(Cc3ccccc3)C2)C1. The molecule has 1 aromatic rings. The van der Waals surface area contributed by atoms with E-state index < -0.39 is 0 Å². The molecule has 0 bridgehead atoms. The topological polar surface area (TPSA) is 23.6 Å². The second-order valence-electron chi connectivity index (χ2n) is 5.82. The van der Waals surface area contributed by atoms with Crippen molar-refractivity contribution in [2.24, 2.45) is 5.41 Å². The maximum Gasteiger partial charge on any atom is 0.219 e. The van der Waals surface area contributed by atoms with Crippen molar-refractivity contribution in [1.29, 1.82) is 0 Å². The summed E-state index contributed by atoms with van der Waals surface area (Å²) in [5.41, 5.74) is 1.79. The van der Waals surface area contributed by atoms with Crippen molar-refractivity contribution in [3.8, 4) is 0 Å². The molecule has 1 amide bonds. The average molecular weight is 244 g/mol. The highest BCUT2D eigenvalue weighted by Crippen LogP contribution is 2.39. The predicted octanol–water partition coefficient (Wildman–Crippen LogP) is 1.74. The van der Waals surface area contributed by atoms with Crippen LogP contribution in [0, 0.1) is 5.41 Å². The molecule has 2 fully saturated rings. The van der Waals surface area contributed by atoms with E-state index in [0.29, 0.717) is 5.41 Å². The first-order chi connectivity index (χ1) is 8.67. The second kappa shape index (κ2) is 4.39. The average Bonchev–Trinajstić information content (AvgIpc) is 2.72. The number of hydrogen-bond donors (Lipinski definition) is 0. The van der Waals surface area contributed by atoms with Gasteiger partial charge in [0.1, 0.15) is 0 Å². The van der Waals surface area contributed by atoms with Gasteiger partial charge in [0.15, 0.2) is 0 Å². The molecule has 3 nitrogen and oxygen atoms in total. The number of rotatable bonds is 2. The third-order valence-corrected chi connectivity index (χ3v) is 4.26. The van der Waals surface area contributed by atoms with Gasteiger partial charge in [-0.3, -0.25) is 9.69 Å². The van der Waals surface area contributed by atoms with Gasteiger partial charge >= 0.3 is 0 Å². The van der Waals surface area contributed by atoms with Crippen molar-refractivity contribution >= 4 is 5.91 Å². The summed E-state index contributed by atoms with van der Waals surface area (Å²) in [6.45, 7) is 6.96. The summed E-state index contributed by atoms with van der Waals surface area (Å²) in [7, 11) is 0. The van der Waals surface area contributed by atoms with E-state index in [1.54, 1.807) is 6.92 Å². The summed E-state index contributed by atoms with van der Waals surface area (Å²) in [5.74, 6) is 0.224. The molecule has 2 heterocycles. The van der Waals surface area contributed by atoms with E-state index in [0.717, 1.165) is 26.2 Å². The highest BCUT2D eigenvalue weighted by Gasteiger charge is 2.48. The van der Waals surface area contributed by atoms with Crippen LogP contribution < -0.4 is 0 Å². The first-order valence-corrected chi connectivity index (χ1v) is 6.69. The van der Waals surface area contributed by atoms with Crippen LogP contribution in [0.15, 0.2) is 30.3 Å². The fraction of sp³-hybridized carbons (Fsp3) is 0.533. The van der Waals surface area contributed by atoms with Crippen LogP contribution in [-0.4, -0.2) is 41.9 Å². The van der Waals surface area contributed by atoms with Crippen molar-refractivity contribution in [3.05, 3.63) is 35.9 Å². The molecule has 2 aliphatic rings. The van der Waals surface area contributed by atoms with E-state index in [2.05, 4.69) is 35.2 Å². The zero-order valence-electron chi connectivity index (χ0n) is 10.9. The summed E-state index contributed by atoms with van der Waals surface area (Å²) in [4.78, 5) is 15.7. The lowest BCUT2D eigenvalue weighted by Crippen LogP contribution is -2.58. The largest absolute Gasteiger partial charge is 0.342 e. The van der Waals surface area contributed by atoms with Crippen LogP contribution in [0.3, 0.4) is 0 Å². The summed E-state index contributed by atoms with van der Waals surface area (Å²) in [6, 6.07) is 10.6. The summed E-state index contributed by atoms with van der Waals surface area (Å²) in [6.07, 6.45) is 1.24. The van der Waals surface area contributed by atoms with Crippen molar-refractivity contribution in [2.75, 3.05) is 26.2 Å². The molecule has 3 heteroatoms. The molecule has 0 radical (unpaired) electrons. The Morgan fingerprint density at radius 2 is 1.94 bits per heavy atom. The van der Waals surface area contributed by atoms with Gasteiger partial charge in [0.05, 0.1) is 0 Å². The van der Waals surface area contributed by atoms with Crippen molar-refractivity contribution in [2.45, 2.75) is 19.9 Å². The van der Waals surface area contributed by atoms with Crippen LogP contribution in [0.2, 0.25) is 0 Å². The minimum absolute atomic E-state index is 0.224. The third-order valence-electron chi connectivity index (χ3n) is 4.26. The molecule has 2 saturated heterocycles. The van der Waals surface area contributed by atoms with Gasteiger partial charge in [-0.2, -0.15) is 0 Å². The van der Waals surface area contributed by atoms with Crippen LogP contribution in [0.5, 0.6) is 0 Å². The number of likely N-dealkylation sites (tertiary alicyclic amines) is 2. The molecule has 0 unspecified atom stereocenters. The molecule has 0 atom stereocenters. The van der Waals surface area contributed by atoms with Crippen LogP contribution in [-0.2, 0) is 11.3 Å². The fourth-order valence-electron chi connectivity index (χ4n) is 3.25. The highest BCUT2D eigenvalue weighted by atomic mass is 16.2. The first-order valence-electron chi connectivity index (χ1n) is 6.69. The molecule has 0 aliphatic carbocycles. The zero-order chi connectivity index (χ0) is 12.6. The Bertz CT molecular complexity index is 437. The molecule has 96 valence electrons. The van der Waals surface area contributed by atoms with E-state index in [1.807, 2.05) is 4.90 Å². The molecule has 0 saturated carbocycles. The van der Waals surface area contributed by atoms with Crippen molar-refractivity contribution < 1.29 is 4.79 Å². The first kappa shape index (κ1) is 11.7. The van der Waals surface area contributed by atoms with E-state index in [9.17, 15) is 4.79 Å². The Morgan fingerprint density at radius 3 is 2.61 bits per heavy atom. The number of amides is 1. The normalized spacial score (nSPS) is 22.2. The van der Waals surface area contributed by atoms with Crippen molar-refractivity contribution in [1.82, 2.24) is 9.80 Å². The summed E-state index contributed by atoms with van der Waals surface area (Å²) >= 11 is 0. The number of benzene rings is 1. The summed E-state index contributed by atoms with van der Waals surface area (Å²) < 4.78 is 0. The van der Waals surface area contributed by atoms with Gasteiger partial charge in [-0.15, -0.1) is 0 Å². The summed E-state index contributed by atoms with van der Waals surface area (Å²) in [5, 5.41) is 0. The van der Waals surface area contributed by atoms with Gasteiger partial charge in [0.25, 0.3) is 0 Å². The smallest absolute Gasteiger partial charge is 0.219 e. The maximum absolute atomic E-state index is 11.3. The molecule has 1 spiro atoms. The lowest BCUT2D eigenvalue weighted by Gasteiger charge is -2.47. The van der Waals surface area contributed by atoms with Gasteiger partial charge in [-0.1, -0.05) is 30.3 Å². The fourth-order valence-corrected chi connectivity index (χ4v) is 3.25. The molecule has 2 aliphatic heterocycles. The molecular formula is C15H20N2O. The molecule has 3 rings (SSSR count). The Hall–Kier alpha value is -1.35. The molecule has 18 heavy (non-hydrogen) atoms. The van der Waals surface area contributed by atoms with Crippen molar-refractivity contribution in [3.63, 3.8) is 0 Å². The number of hydrogen-bond acceptors (Lipinski definition) is 2. The van der Waals surface area contributed by atoms with Crippen LogP contribution >= 0.6 is 0 Å². The van der Waals surface area contributed by atoms with E-state index in [1.165, 1.54) is 18.5 Å². The van der Waals surface area contributed by atoms with E-state index >= 15 is 0 Å². The van der Waals surface area contributed by atoms with Gasteiger partial charge in [-0.25, -0.2) is 0 Å². The lowest BCUT2D eigenvalue weighted by atomic mass is 9.79. The van der Waals surface area contributed by atoms with E-state index in [4.69, 9.17) is 0 Å². The monoisotopic (exact) mass is 244 g/mol. The molecule has 0 N–H and O–H groups in total. The quantitative estimate of drug-likeness (QED) is 0.791. The number of carbonyl (C=O) groups excluding carboxylic acids is 1. The van der Waals surface area contributed by atoms with Gasteiger partial charge in [0.2, 0.25) is 5.91 Å². The Labute approximate surface area is 108 Å². The van der Waals surface area contributed by atoms with Crippen LogP contribution in [0.25, 0.3) is 0 Å². The molecular weight excluding hydrogens is 224 g/mol. The Balaban J connectivity index is 1.55. The Kier molecular flexibility index (Phi) is 2.86. The highest BCUT2D eigenvalue weighted by molar-refractivity contribution is 5.74. The van der Waals surface area contributed by atoms with Gasteiger partial charge in [0, 0.05) is 38.5 Å². The number of carbonyl (C=O) groups is 1. The zero-order valence-corrected chi connectivity index (χ0v) is 10.9. The minimum Gasteiger partial charge on any atom is -0.342 e. The minimum atomic E-state index is 0.224. The van der Waals surface area contributed by atoms with Crippen LogP contribution in [0.4, 0.5) is 0 Å².